The number of rotatable bonds is 10. The van der Waals surface area contributed by atoms with Gasteiger partial charge >= 0.3 is 0 Å². The molecule has 0 bridgehead atoms. The lowest BCUT2D eigenvalue weighted by Gasteiger charge is -2.32. The summed E-state index contributed by atoms with van der Waals surface area (Å²) >= 11 is 7.41. The minimum atomic E-state index is -0.155. The standard InChI is InChI=1S/C24H27ClN6OS/c1-3-19(30(14-13-26-2)15-18-9-11-27-12-10-18)21-29-22-20(28-24(25)33-22)23(32)31(21)16-17-7-5-4-6-8-17/h4-12,19,26H,3,13-16H2,1-2H3. The van der Waals surface area contributed by atoms with Crippen LogP contribution in [-0.2, 0) is 13.1 Å². The Labute approximate surface area is 202 Å². The summed E-state index contributed by atoms with van der Waals surface area (Å²) in [6.07, 6.45) is 4.41. The summed E-state index contributed by atoms with van der Waals surface area (Å²) in [6.45, 7) is 4.91. The van der Waals surface area contributed by atoms with Crippen LogP contribution in [0.25, 0.3) is 10.3 Å². The van der Waals surface area contributed by atoms with E-state index in [0.717, 1.165) is 37.4 Å². The van der Waals surface area contributed by atoms with Crippen molar-refractivity contribution in [2.75, 3.05) is 20.1 Å². The molecule has 1 atom stereocenters. The molecule has 1 unspecified atom stereocenters. The molecule has 0 saturated heterocycles. The number of hydrogen-bond donors (Lipinski definition) is 1. The molecule has 4 aromatic rings. The molecule has 3 heterocycles. The zero-order chi connectivity index (χ0) is 23.2. The first-order chi connectivity index (χ1) is 16.1. The molecule has 1 aromatic carbocycles. The van der Waals surface area contributed by atoms with Gasteiger partial charge in [0.1, 0.15) is 5.82 Å². The Bertz CT molecular complexity index is 1240. The van der Waals surface area contributed by atoms with E-state index in [9.17, 15) is 4.79 Å². The van der Waals surface area contributed by atoms with E-state index in [-0.39, 0.29) is 11.6 Å². The van der Waals surface area contributed by atoms with Gasteiger partial charge in [0.05, 0.1) is 12.6 Å². The van der Waals surface area contributed by atoms with E-state index >= 15 is 0 Å². The SMILES string of the molecule is CCC(c1nc2sc(Cl)nc2c(=O)n1Cc1ccccc1)N(CCNC)Cc1ccncc1. The zero-order valence-corrected chi connectivity index (χ0v) is 20.3. The van der Waals surface area contributed by atoms with E-state index in [1.54, 1.807) is 4.57 Å². The van der Waals surface area contributed by atoms with Crippen LogP contribution in [0.15, 0.2) is 59.7 Å². The van der Waals surface area contributed by atoms with E-state index in [1.165, 1.54) is 16.9 Å². The van der Waals surface area contributed by atoms with Crippen molar-refractivity contribution in [1.82, 2.24) is 29.7 Å². The summed E-state index contributed by atoms with van der Waals surface area (Å²) in [5, 5.41) is 3.24. The summed E-state index contributed by atoms with van der Waals surface area (Å²) < 4.78 is 2.09. The first-order valence-electron chi connectivity index (χ1n) is 11.0. The molecule has 3 aromatic heterocycles. The van der Waals surface area contributed by atoms with Crippen LogP contribution >= 0.6 is 22.9 Å². The summed E-state index contributed by atoms with van der Waals surface area (Å²) in [5.41, 5.74) is 2.38. The first-order valence-corrected chi connectivity index (χ1v) is 12.2. The van der Waals surface area contributed by atoms with Gasteiger partial charge in [-0.3, -0.25) is 19.2 Å². The Kier molecular flexibility index (Phi) is 7.82. The number of nitrogens with one attached hydrogen (secondary N) is 1. The molecule has 172 valence electrons. The van der Waals surface area contributed by atoms with Gasteiger partial charge in [0.2, 0.25) is 0 Å². The van der Waals surface area contributed by atoms with Crippen LogP contribution in [0.3, 0.4) is 0 Å². The van der Waals surface area contributed by atoms with Crippen LogP contribution < -0.4 is 10.9 Å². The molecule has 0 aliphatic heterocycles. The molecule has 0 spiro atoms. The molecule has 0 saturated carbocycles. The van der Waals surface area contributed by atoms with Crippen molar-refractivity contribution in [1.29, 1.82) is 0 Å². The lowest BCUT2D eigenvalue weighted by Crippen LogP contribution is -2.38. The average molecular weight is 483 g/mol. The van der Waals surface area contributed by atoms with E-state index < -0.39 is 0 Å². The zero-order valence-electron chi connectivity index (χ0n) is 18.7. The predicted molar refractivity (Wildman–Crippen MR) is 134 cm³/mol. The molecule has 1 N–H and O–H groups in total. The van der Waals surface area contributed by atoms with E-state index in [4.69, 9.17) is 16.6 Å². The van der Waals surface area contributed by atoms with Gasteiger partial charge in [-0.2, -0.15) is 0 Å². The topological polar surface area (TPSA) is 75.9 Å². The number of nitrogens with zero attached hydrogens (tertiary/aromatic N) is 5. The number of hydrogen-bond acceptors (Lipinski definition) is 7. The predicted octanol–water partition coefficient (Wildman–Crippen LogP) is 4.12. The lowest BCUT2D eigenvalue weighted by atomic mass is 10.1. The highest BCUT2D eigenvalue weighted by atomic mass is 35.5. The maximum Gasteiger partial charge on any atom is 0.281 e. The van der Waals surface area contributed by atoms with Crippen molar-refractivity contribution in [3.63, 3.8) is 0 Å². The van der Waals surface area contributed by atoms with Crippen molar-refractivity contribution < 1.29 is 0 Å². The maximum atomic E-state index is 13.6. The largest absolute Gasteiger partial charge is 0.318 e. The fourth-order valence-electron chi connectivity index (χ4n) is 4.00. The Morgan fingerprint density at radius 3 is 2.58 bits per heavy atom. The van der Waals surface area contributed by atoms with Crippen LogP contribution in [0, 0.1) is 0 Å². The number of benzene rings is 1. The third-order valence-electron chi connectivity index (χ3n) is 5.62. The number of likely N-dealkylation sites (N-methyl/N-ethyl adjacent to an activating group) is 1. The second kappa shape index (κ2) is 11.0. The summed E-state index contributed by atoms with van der Waals surface area (Å²) in [6, 6.07) is 13.9. The normalized spacial score (nSPS) is 12.5. The Morgan fingerprint density at radius 2 is 1.88 bits per heavy atom. The van der Waals surface area contributed by atoms with Gasteiger partial charge in [0.25, 0.3) is 5.56 Å². The number of fused-ring (bicyclic) bond motifs is 1. The third kappa shape index (κ3) is 5.47. The number of halogens is 1. The fraction of sp³-hybridized carbons (Fsp3) is 0.333. The van der Waals surface area contributed by atoms with Crippen LogP contribution in [-0.4, -0.2) is 44.6 Å². The van der Waals surface area contributed by atoms with Crippen molar-refractivity contribution in [2.45, 2.75) is 32.5 Å². The first kappa shape index (κ1) is 23.5. The molecule has 0 amide bonds. The van der Waals surface area contributed by atoms with Crippen LogP contribution in [0.4, 0.5) is 0 Å². The molecular weight excluding hydrogens is 456 g/mol. The summed E-state index contributed by atoms with van der Waals surface area (Å²) in [7, 11) is 1.94. The highest BCUT2D eigenvalue weighted by Crippen LogP contribution is 2.28. The number of pyridine rings is 1. The molecular formula is C24H27ClN6OS. The molecule has 0 aliphatic carbocycles. The Balaban J connectivity index is 1.82. The van der Waals surface area contributed by atoms with Gasteiger partial charge in [0.15, 0.2) is 14.8 Å². The average Bonchev–Trinajstić information content (AvgIpc) is 3.22. The quantitative estimate of drug-likeness (QED) is 0.366. The van der Waals surface area contributed by atoms with Crippen molar-refractivity contribution in [3.8, 4) is 0 Å². The van der Waals surface area contributed by atoms with Crippen molar-refractivity contribution in [2.24, 2.45) is 0 Å². The fourth-order valence-corrected chi connectivity index (χ4v) is 4.97. The lowest BCUT2D eigenvalue weighted by molar-refractivity contribution is 0.172. The highest BCUT2D eigenvalue weighted by molar-refractivity contribution is 7.21. The molecule has 9 heteroatoms. The summed E-state index contributed by atoms with van der Waals surface area (Å²) in [5.74, 6) is 0.740. The molecule has 7 nitrogen and oxygen atoms in total. The van der Waals surface area contributed by atoms with Crippen molar-refractivity contribution >= 4 is 33.3 Å². The second-order valence-electron chi connectivity index (χ2n) is 7.82. The smallest absolute Gasteiger partial charge is 0.281 e. The Morgan fingerprint density at radius 1 is 1.12 bits per heavy atom. The minimum absolute atomic E-state index is 0.0618. The van der Waals surface area contributed by atoms with E-state index in [1.807, 2.05) is 61.9 Å². The van der Waals surface area contributed by atoms with Gasteiger partial charge in [-0.05, 0) is 36.7 Å². The van der Waals surface area contributed by atoms with Crippen LogP contribution in [0.1, 0.15) is 36.3 Å². The van der Waals surface area contributed by atoms with Gasteiger partial charge in [-0.1, -0.05) is 60.2 Å². The molecule has 0 aliphatic rings. The van der Waals surface area contributed by atoms with Crippen LogP contribution in [0.2, 0.25) is 4.47 Å². The molecule has 4 rings (SSSR count). The second-order valence-corrected chi connectivity index (χ2v) is 9.38. The van der Waals surface area contributed by atoms with E-state index in [2.05, 4.69) is 27.1 Å². The molecule has 0 radical (unpaired) electrons. The number of aromatic nitrogens is 4. The monoisotopic (exact) mass is 482 g/mol. The Hall–Kier alpha value is -2.65. The van der Waals surface area contributed by atoms with Gasteiger partial charge < -0.3 is 5.32 Å². The maximum absolute atomic E-state index is 13.6. The molecule has 33 heavy (non-hydrogen) atoms. The minimum Gasteiger partial charge on any atom is -0.318 e. The van der Waals surface area contributed by atoms with Crippen LogP contribution in [0.5, 0.6) is 0 Å². The van der Waals surface area contributed by atoms with Gasteiger partial charge in [-0.15, -0.1) is 0 Å². The molecule has 0 fully saturated rings. The summed E-state index contributed by atoms with van der Waals surface area (Å²) in [4.78, 5) is 29.9. The van der Waals surface area contributed by atoms with E-state index in [0.29, 0.717) is 21.4 Å². The van der Waals surface area contributed by atoms with Gasteiger partial charge in [0, 0.05) is 32.0 Å². The number of thiazole rings is 1. The third-order valence-corrected chi connectivity index (χ3v) is 6.67. The highest BCUT2D eigenvalue weighted by Gasteiger charge is 2.26. The van der Waals surface area contributed by atoms with Gasteiger partial charge in [-0.25, -0.2) is 9.97 Å². The van der Waals surface area contributed by atoms with Crippen molar-refractivity contribution in [3.05, 3.63) is 86.6 Å².